The molecule has 0 aliphatic rings. The summed E-state index contributed by atoms with van der Waals surface area (Å²) in [7, 11) is -4.59. The Kier molecular flexibility index (Phi) is 5.46. The third kappa shape index (κ3) is 4.58. The van der Waals surface area contributed by atoms with E-state index in [-0.39, 0.29) is 13.1 Å². The zero-order valence-corrected chi connectivity index (χ0v) is 13.3. The Morgan fingerprint density at radius 3 is 2.40 bits per heavy atom. The number of carboxylic acid groups (broad SMARTS) is 1. The zero-order chi connectivity index (χ0) is 15.7. The van der Waals surface area contributed by atoms with Gasteiger partial charge < -0.3 is 5.11 Å². The molecule has 20 heavy (non-hydrogen) atoms. The molecule has 0 saturated carbocycles. The van der Waals surface area contributed by atoms with E-state index in [1.807, 2.05) is 0 Å². The van der Waals surface area contributed by atoms with Gasteiger partial charge in [-0.3, -0.25) is 4.79 Å². The molecule has 0 aromatic carbocycles. The molecule has 0 spiro atoms. The topological polar surface area (TPSA) is 74.7 Å². The molecular formula is C8H6BrClF3NO4S2. The van der Waals surface area contributed by atoms with Crippen molar-refractivity contribution in [3.05, 3.63) is 14.9 Å². The van der Waals surface area contributed by atoms with Gasteiger partial charge >= 0.3 is 12.1 Å². The number of carboxylic acids is 1. The maximum absolute atomic E-state index is 12.4. The molecule has 1 heterocycles. The number of halogens is 5. The van der Waals surface area contributed by atoms with E-state index in [9.17, 15) is 26.4 Å². The number of carbonyl (C=O) groups is 1. The van der Waals surface area contributed by atoms with Crippen LogP contribution in [0, 0.1) is 0 Å². The van der Waals surface area contributed by atoms with Gasteiger partial charge in [-0.05, 0) is 22.0 Å². The normalized spacial score (nSPS) is 12.9. The quantitative estimate of drug-likeness (QED) is 0.801. The molecule has 0 amide bonds. The van der Waals surface area contributed by atoms with Crippen molar-refractivity contribution in [2.45, 2.75) is 10.4 Å². The van der Waals surface area contributed by atoms with Crippen LogP contribution in [0.25, 0.3) is 0 Å². The third-order valence-electron chi connectivity index (χ3n) is 1.88. The maximum atomic E-state index is 12.4. The number of sulfonamides is 1. The fourth-order valence-electron chi connectivity index (χ4n) is 1.16. The van der Waals surface area contributed by atoms with E-state index in [1.165, 1.54) is 0 Å². The van der Waals surface area contributed by atoms with Gasteiger partial charge in [-0.2, -0.15) is 17.5 Å². The summed E-state index contributed by atoms with van der Waals surface area (Å²) in [6.07, 6.45) is -4.86. The second-order valence-electron chi connectivity index (χ2n) is 3.47. The van der Waals surface area contributed by atoms with Crippen molar-refractivity contribution >= 4 is 54.9 Å². The average molecular weight is 417 g/mol. The minimum Gasteiger partial charge on any atom is -0.480 e. The van der Waals surface area contributed by atoms with Crippen LogP contribution in [0.4, 0.5) is 13.2 Å². The molecule has 0 aliphatic carbocycles. The Labute approximate surface area is 129 Å². The van der Waals surface area contributed by atoms with Crippen LogP contribution in [0.1, 0.15) is 0 Å². The lowest BCUT2D eigenvalue weighted by Crippen LogP contribution is -2.41. The summed E-state index contributed by atoms with van der Waals surface area (Å²) in [4.78, 5) is 10.5. The molecule has 1 aromatic heterocycles. The Morgan fingerprint density at radius 2 is 2.05 bits per heavy atom. The largest absolute Gasteiger partial charge is 0.480 e. The fourth-order valence-corrected chi connectivity index (χ4v) is 5.09. The van der Waals surface area contributed by atoms with Crippen molar-refractivity contribution in [1.82, 2.24) is 4.31 Å². The molecule has 0 bridgehead atoms. The molecule has 1 N–H and O–H groups in total. The van der Waals surface area contributed by atoms with E-state index in [2.05, 4.69) is 15.9 Å². The predicted octanol–water partition coefficient (Wildman–Crippen LogP) is 2.80. The molecule has 0 saturated heterocycles. The van der Waals surface area contributed by atoms with Crippen molar-refractivity contribution in [2.24, 2.45) is 0 Å². The van der Waals surface area contributed by atoms with E-state index in [4.69, 9.17) is 16.7 Å². The minimum absolute atomic E-state index is 0.0101. The van der Waals surface area contributed by atoms with Crippen LogP contribution in [0.2, 0.25) is 5.02 Å². The highest BCUT2D eigenvalue weighted by Gasteiger charge is 2.39. The van der Waals surface area contributed by atoms with Crippen LogP contribution in [0.3, 0.4) is 0 Å². The fraction of sp³-hybridized carbons (Fsp3) is 0.375. The van der Waals surface area contributed by atoms with Gasteiger partial charge in [-0.25, -0.2) is 8.42 Å². The van der Waals surface area contributed by atoms with Gasteiger partial charge in [0.25, 0.3) is 10.0 Å². The van der Waals surface area contributed by atoms with E-state index in [1.54, 1.807) is 0 Å². The van der Waals surface area contributed by atoms with Crippen molar-refractivity contribution in [2.75, 3.05) is 13.1 Å². The number of thiophene rings is 1. The zero-order valence-electron chi connectivity index (χ0n) is 9.32. The van der Waals surface area contributed by atoms with Crippen LogP contribution in [0.15, 0.2) is 14.1 Å². The summed E-state index contributed by atoms with van der Waals surface area (Å²) in [6.45, 7) is -3.19. The molecule has 114 valence electrons. The van der Waals surface area contributed by atoms with Crippen molar-refractivity contribution in [1.29, 1.82) is 0 Å². The molecule has 0 fully saturated rings. The molecule has 1 rings (SSSR count). The molecular weight excluding hydrogens is 411 g/mol. The van der Waals surface area contributed by atoms with Gasteiger partial charge in [0, 0.05) is 0 Å². The van der Waals surface area contributed by atoms with Gasteiger partial charge in [0.2, 0.25) is 0 Å². The molecule has 0 aliphatic heterocycles. The van der Waals surface area contributed by atoms with Crippen LogP contribution >= 0.6 is 38.9 Å². The summed E-state index contributed by atoms with van der Waals surface area (Å²) in [5.74, 6) is -1.69. The highest BCUT2D eigenvalue weighted by molar-refractivity contribution is 9.11. The number of hydrogen-bond donors (Lipinski definition) is 1. The van der Waals surface area contributed by atoms with Crippen LogP contribution in [-0.2, 0) is 14.8 Å². The lowest BCUT2D eigenvalue weighted by Gasteiger charge is -2.20. The Morgan fingerprint density at radius 1 is 1.50 bits per heavy atom. The first-order valence-electron chi connectivity index (χ1n) is 4.67. The SMILES string of the molecule is O=C(O)CN(CC(F)(F)F)S(=O)(=O)c1cc(Cl)c(Br)s1. The summed E-state index contributed by atoms with van der Waals surface area (Å²) < 4.78 is 60.7. The Bertz CT molecular complexity index is 596. The van der Waals surface area contributed by atoms with Crippen LogP contribution in [-0.4, -0.2) is 43.1 Å². The van der Waals surface area contributed by atoms with E-state index in [0.29, 0.717) is 11.3 Å². The second-order valence-corrected chi connectivity index (χ2v) is 8.41. The van der Waals surface area contributed by atoms with Gasteiger partial charge in [0.1, 0.15) is 17.3 Å². The van der Waals surface area contributed by atoms with E-state index in [0.717, 1.165) is 6.07 Å². The number of hydrogen-bond acceptors (Lipinski definition) is 4. The number of nitrogens with zero attached hydrogens (tertiary/aromatic N) is 1. The highest BCUT2D eigenvalue weighted by Crippen LogP contribution is 2.36. The Hall–Kier alpha value is -0.360. The number of rotatable bonds is 5. The minimum atomic E-state index is -4.86. The van der Waals surface area contributed by atoms with Gasteiger partial charge in [-0.15, -0.1) is 11.3 Å². The lowest BCUT2D eigenvalue weighted by molar-refractivity contribution is -0.145. The average Bonchev–Trinajstić information content (AvgIpc) is 2.56. The van der Waals surface area contributed by atoms with Gasteiger partial charge in [0.05, 0.1) is 8.81 Å². The van der Waals surface area contributed by atoms with E-state index >= 15 is 0 Å². The summed E-state index contributed by atoms with van der Waals surface area (Å²) in [5, 5.41) is 8.56. The van der Waals surface area contributed by atoms with Crippen LogP contribution < -0.4 is 0 Å². The standard InChI is InChI=1S/C8H6BrClF3NO4S2/c9-7-4(10)1-6(19-7)20(17,18)14(2-5(15)16)3-8(11,12)13/h1H,2-3H2,(H,15,16). The molecule has 12 heteroatoms. The molecule has 1 aromatic rings. The number of aliphatic carboxylic acids is 1. The number of alkyl halides is 3. The Balaban J connectivity index is 3.20. The second kappa shape index (κ2) is 6.18. The lowest BCUT2D eigenvalue weighted by atomic mass is 10.5. The third-order valence-corrected chi connectivity index (χ3v) is 6.60. The summed E-state index contributed by atoms with van der Waals surface area (Å²) in [5.41, 5.74) is 0. The molecule has 0 unspecified atom stereocenters. The van der Waals surface area contributed by atoms with Crippen molar-refractivity contribution in [3.63, 3.8) is 0 Å². The molecule has 0 radical (unpaired) electrons. The van der Waals surface area contributed by atoms with Gasteiger partial charge in [0.15, 0.2) is 0 Å². The summed E-state index contributed by atoms with van der Waals surface area (Å²) in [6, 6.07) is 0.955. The highest BCUT2D eigenvalue weighted by atomic mass is 79.9. The monoisotopic (exact) mass is 415 g/mol. The first-order chi connectivity index (χ1) is 8.93. The molecule has 0 atom stereocenters. The van der Waals surface area contributed by atoms with E-state index < -0.39 is 39.5 Å². The molecule has 5 nitrogen and oxygen atoms in total. The van der Waals surface area contributed by atoms with Crippen molar-refractivity contribution < 1.29 is 31.5 Å². The first kappa shape index (κ1) is 17.7. The van der Waals surface area contributed by atoms with Gasteiger partial charge in [-0.1, -0.05) is 11.6 Å². The summed E-state index contributed by atoms with van der Waals surface area (Å²) >= 11 is 9.15. The smallest absolute Gasteiger partial charge is 0.402 e. The van der Waals surface area contributed by atoms with Crippen molar-refractivity contribution in [3.8, 4) is 0 Å². The first-order valence-corrected chi connectivity index (χ1v) is 8.10. The predicted molar refractivity (Wildman–Crippen MR) is 69.5 cm³/mol. The van der Waals surface area contributed by atoms with Crippen LogP contribution in [0.5, 0.6) is 0 Å². The maximum Gasteiger partial charge on any atom is 0.402 e.